The van der Waals surface area contributed by atoms with Gasteiger partial charge in [0.1, 0.15) is 17.3 Å². The van der Waals surface area contributed by atoms with Gasteiger partial charge >= 0.3 is 29.8 Å². The Kier molecular flexibility index (Phi) is 32.9. The zero-order chi connectivity index (χ0) is 68.5. The first-order valence-corrected chi connectivity index (χ1v) is 31.0. The summed E-state index contributed by atoms with van der Waals surface area (Å²) in [4.78, 5) is 152. The van der Waals surface area contributed by atoms with Crippen molar-refractivity contribution < 1.29 is 130 Å². The minimum atomic E-state index is -1.59. The number of hydrogen-bond donors (Lipinski definition) is 11. The molecule has 3 heterocycles. The molecule has 3 aromatic rings. The van der Waals surface area contributed by atoms with Crippen LogP contribution in [0.15, 0.2) is 48.7 Å². The first-order valence-electron chi connectivity index (χ1n) is 31.0. The van der Waals surface area contributed by atoms with E-state index in [2.05, 4.69) is 37.6 Å². The van der Waals surface area contributed by atoms with Crippen molar-refractivity contribution in [2.24, 2.45) is 11.8 Å². The van der Waals surface area contributed by atoms with Crippen molar-refractivity contribution in [1.29, 1.82) is 0 Å². The zero-order valence-electron chi connectivity index (χ0n) is 53.1. The molecule has 2 fully saturated rings. The van der Waals surface area contributed by atoms with E-state index in [1.807, 2.05) is 26.0 Å². The molecule has 2 aliphatic heterocycles. The number of ketones is 2. The van der Waals surface area contributed by atoms with E-state index in [1.54, 1.807) is 49.6 Å². The Labute approximate surface area is 573 Å². The maximum atomic E-state index is 14.1. The van der Waals surface area contributed by atoms with Crippen molar-refractivity contribution in [3.63, 3.8) is 0 Å². The Morgan fingerprint density at radius 3 is 1.56 bits per heavy atom. The number of aliphatic carboxylic acids is 5. The number of amides is 4. The number of aromatic hydroxyl groups is 2. The van der Waals surface area contributed by atoms with Crippen molar-refractivity contribution in [2.45, 2.75) is 97.1 Å². The van der Waals surface area contributed by atoms with E-state index in [0.29, 0.717) is 50.5 Å². The Morgan fingerprint density at radius 2 is 1.06 bits per heavy atom. The Morgan fingerprint density at radius 1 is 0.564 bits per heavy atom. The second-order valence-electron chi connectivity index (χ2n) is 23.6. The molecule has 0 saturated carbocycles. The van der Waals surface area contributed by atoms with Gasteiger partial charge in [0, 0.05) is 197 Å². The molecule has 5 rings (SSSR count). The second kappa shape index (κ2) is 39.3. The number of nitrogens with zero attached hydrogens (tertiary/aromatic N) is 9. The molecule has 1 aromatic heterocycles. The van der Waals surface area contributed by atoms with Crippen LogP contribution in [0.25, 0.3) is 17.1 Å². The van der Waals surface area contributed by atoms with Crippen LogP contribution in [0.2, 0.25) is 0 Å². The Balaban J connectivity index is 0.0000188. The van der Waals surface area contributed by atoms with Crippen LogP contribution in [0.1, 0.15) is 106 Å². The summed E-state index contributed by atoms with van der Waals surface area (Å²) in [5.74, 6) is -13.3. The number of aliphatic hydroxyl groups is 1. The topological polar surface area (TPSA) is 436 Å². The first-order chi connectivity index (χ1) is 44.1. The summed E-state index contributed by atoms with van der Waals surface area (Å²) in [5.41, 5.74) is 2.26. The third-order valence-electron chi connectivity index (χ3n) is 16.1. The monoisotopic (exact) mass is 1480 g/mol. The van der Waals surface area contributed by atoms with Crippen molar-refractivity contribution in [3.8, 4) is 28.6 Å². The van der Waals surface area contributed by atoms with E-state index in [-0.39, 0.29) is 181 Å². The fourth-order valence-electron chi connectivity index (χ4n) is 11.0. The number of Topliss-reactive ketones (excluding diaryl/α,β-unsaturated/α-hetero) is 2. The molecule has 0 unspecified atom stereocenters. The number of carboxylic acids is 5. The number of carboxylic acid groups (broad SMARTS) is 5. The third-order valence-corrected chi connectivity index (χ3v) is 16.1. The standard InChI is InChI=1S/C62H88N12O19.Lu/c1-5-63-62(93)59-67-66-58(47-32-46(39(2)3)49(77)33-50(47)78)74(59)44-10-6-41(7-11-44)35-69-26-28-73(29-27-69)52(80)16-17-64-60(91)43(9-14-54(83)84)31-51(79)48(12-15-55(85)86)65-61(92)42(8-13-53(81)82)30-45(76)36-70-20-24-71(37-56(87)88)22-18-68(34-40(4)75)19-23-72(25-21-70)38-57(89)90;/h6-7,10-11,32-33,39,42-43,48,75,77-78H,4-5,8-9,12-31,34-38H2,1-3H3,(H,63,93)(H,64,91)(H,65,92)(H,81,82)(H,83,84)(H,85,86)(H,87,88)(H,89,90);/t42-,43-,48+;/m0./s1. The fourth-order valence-corrected chi connectivity index (χ4v) is 11.0. The number of carbonyl (C=O) groups excluding carboxylic acids is 6. The van der Waals surface area contributed by atoms with E-state index in [1.165, 1.54) is 10.6 Å². The minimum Gasteiger partial charge on any atom is -0.512 e. The maximum absolute atomic E-state index is 14.1. The average Bonchev–Trinajstić information content (AvgIpc) is 1.57. The number of phenolic OH excluding ortho intramolecular Hbond substituents is 2. The van der Waals surface area contributed by atoms with Crippen molar-refractivity contribution in [1.82, 2.24) is 60.1 Å². The van der Waals surface area contributed by atoms with Crippen molar-refractivity contribution in [2.75, 3.05) is 118 Å². The molecule has 1 radical (unpaired) electrons. The molecule has 11 N–H and O–H groups in total. The smallest absolute Gasteiger partial charge is 0.317 e. The van der Waals surface area contributed by atoms with Gasteiger partial charge in [0.2, 0.25) is 23.5 Å². The summed E-state index contributed by atoms with van der Waals surface area (Å²) in [6, 6.07) is 8.57. The van der Waals surface area contributed by atoms with E-state index in [4.69, 9.17) is 0 Å². The SMILES string of the molecule is C=C(O)CN1CCN(CC(=O)O)CCN(CC(=O)C[C@H](CCC(=O)O)C(=O)N[C@H](CCC(=O)O)C(=O)C[C@H](CCC(=O)O)C(=O)NCCC(=O)N2CCN(Cc3ccc(-n4c(C(=O)NCC)nnc4-c4cc(C(C)C)c(O)cc4O)cc3)CC2)CCN(CC(=O)O)CC1.[Lu]. The molecule has 32 heteroatoms. The molecule has 2 saturated heterocycles. The number of phenols is 2. The third kappa shape index (κ3) is 26.3. The van der Waals surface area contributed by atoms with Crippen LogP contribution in [0, 0.1) is 48.7 Å². The van der Waals surface area contributed by atoms with Gasteiger partial charge in [-0.1, -0.05) is 32.6 Å². The van der Waals surface area contributed by atoms with Gasteiger partial charge in [0.05, 0.1) is 43.5 Å². The molecule has 2 aromatic carbocycles. The average molecular weight is 1480 g/mol. The van der Waals surface area contributed by atoms with Crippen LogP contribution in [-0.2, 0) is 54.5 Å². The van der Waals surface area contributed by atoms with Gasteiger partial charge in [-0.05, 0) is 61.4 Å². The van der Waals surface area contributed by atoms with Crippen molar-refractivity contribution in [3.05, 3.63) is 65.7 Å². The molecule has 4 amide bonds. The molecule has 2 aliphatic rings. The predicted octanol–water partition coefficient (Wildman–Crippen LogP) is 1.06. The van der Waals surface area contributed by atoms with Gasteiger partial charge in [0.25, 0.3) is 5.91 Å². The van der Waals surface area contributed by atoms with Crippen LogP contribution < -0.4 is 16.0 Å². The number of piperazine rings is 1. The Hall–Kier alpha value is -7.68. The summed E-state index contributed by atoms with van der Waals surface area (Å²) in [6.45, 7) is 11.8. The molecule has 94 heavy (non-hydrogen) atoms. The maximum Gasteiger partial charge on any atom is 0.317 e. The van der Waals surface area contributed by atoms with Crippen LogP contribution in [0.4, 0.5) is 0 Å². The van der Waals surface area contributed by atoms with Gasteiger partial charge in [0.15, 0.2) is 11.6 Å². The minimum absolute atomic E-state index is 0. The van der Waals surface area contributed by atoms with Crippen LogP contribution in [0.3, 0.4) is 0 Å². The molecule has 525 valence electrons. The number of rotatable bonds is 35. The molecular formula is C62H88LuN12O19. The molecule has 3 atom stereocenters. The van der Waals surface area contributed by atoms with Crippen LogP contribution in [-0.4, -0.2) is 274 Å². The fraction of sp³-hybridized carbons (Fsp3) is 0.565. The van der Waals surface area contributed by atoms with Gasteiger partial charge in [-0.2, -0.15) is 0 Å². The van der Waals surface area contributed by atoms with Gasteiger partial charge in [-0.15, -0.1) is 10.2 Å². The summed E-state index contributed by atoms with van der Waals surface area (Å²) in [6.07, 6.45) is -4.47. The molecule has 0 bridgehead atoms. The van der Waals surface area contributed by atoms with Gasteiger partial charge in [-0.3, -0.25) is 81.8 Å². The number of aromatic nitrogens is 3. The number of benzene rings is 2. The largest absolute Gasteiger partial charge is 0.512 e. The zero-order valence-corrected chi connectivity index (χ0v) is 54.8. The number of hydrogen-bond acceptors (Lipinski definition) is 21. The van der Waals surface area contributed by atoms with Gasteiger partial charge in [-0.25, -0.2) is 0 Å². The van der Waals surface area contributed by atoms with E-state index >= 15 is 0 Å². The first kappa shape index (κ1) is 78.8. The van der Waals surface area contributed by atoms with E-state index in [9.17, 15) is 93.6 Å². The Bertz CT molecular complexity index is 3110. The molecule has 0 aliphatic carbocycles. The van der Waals surface area contributed by atoms with Crippen LogP contribution >= 0.6 is 0 Å². The summed E-state index contributed by atoms with van der Waals surface area (Å²) >= 11 is 0. The summed E-state index contributed by atoms with van der Waals surface area (Å²) in [7, 11) is 0. The summed E-state index contributed by atoms with van der Waals surface area (Å²) in [5, 5.41) is 95.7. The number of nitrogens with one attached hydrogen (secondary N) is 3. The number of carbonyl (C=O) groups is 11. The summed E-state index contributed by atoms with van der Waals surface area (Å²) < 4.78 is 1.53. The van der Waals surface area contributed by atoms with Gasteiger partial charge < -0.3 is 61.7 Å². The predicted molar refractivity (Wildman–Crippen MR) is 333 cm³/mol. The van der Waals surface area contributed by atoms with Crippen LogP contribution in [0.5, 0.6) is 11.5 Å². The molecule has 31 nitrogen and oxygen atoms in total. The van der Waals surface area contributed by atoms with Crippen molar-refractivity contribution >= 4 is 65.0 Å². The normalized spacial score (nSPS) is 15.9. The van der Waals surface area contributed by atoms with E-state index < -0.39 is 122 Å². The van der Waals surface area contributed by atoms with E-state index in [0.717, 1.165) is 5.56 Å². The number of aliphatic hydroxyl groups excluding tert-OH is 1. The molecular weight excluding hydrogens is 1390 g/mol. The quantitative estimate of drug-likeness (QED) is 0.0367. The second-order valence-corrected chi connectivity index (χ2v) is 23.6. The molecule has 0 spiro atoms.